The number of pyridine rings is 1. The summed E-state index contributed by atoms with van der Waals surface area (Å²) in [5, 5.41) is 0.679. The van der Waals surface area contributed by atoms with Crippen LogP contribution in [0.15, 0.2) is 65.3 Å². The van der Waals surface area contributed by atoms with Crippen molar-refractivity contribution in [2.75, 3.05) is 0 Å². The number of hydrogen-bond donors (Lipinski definition) is 0. The first kappa shape index (κ1) is 18.8. The summed E-state index contributed by atoms with van der Waals surface area (Å²) >= 11 is 9.58. The Morgan fingerprint density at radius 2 is 1.81 bits per heavy atom. The molecule has 2 nitrogen and oxygen atoms in total. The first-order valence-electron chi connectivity index (χ1n) is 8.40. The minimum Gasteiger partial charge on any atom is -0.298 e. The highest BCUT2D eigenvalue weighted by molar-refractivity contribution is 9.10. The van der Waals surface area contributed by atoms with Crippen molar-refractivity contribution in [1.29, 1.82) is 0 Å². The van der Waals surface area contributed by atoms with E-state index >= 15 is 0 Å². The first-order chi connectivity index (χ1) is 12.4. The van der Waals surface area contributed by atoms with Crippen LogP contribution in [0.4, 0.5) is 0 Å². The fourth-order valence-corrected chi connectivity index (χ4v) is 3.67. The van der Waals surface area contributed by atoms with E-state index in [4.69, 9.17) is 11.6 Å². The van der Waals surface area contributed by atoms with E-state index in [0.29, 0.717) is 11.4 Å². The third kappa shape index (κ3) is 4.40. The largest absolute Gasteiger partial charge is 0.298 e. The molecule has 26 heavy (non-hydrogen) atoms. The monoisotopic (exact) mass is 427 g/mol. The summed E-state index contributed by atoms with van der Waals surface area (Å²) in [6, 6.07) is 17.5. The molecule has 1 unspecified atom stereocenters. The fraction of sp³-hybridized carbons (Fsp3) is 0.182. The van der Waals surface area contributed by atoms with Crippen molar-refractivity contribution >= 4 is 33.3 Å². The van der Waals surface area contributed by atoms with Crippen molar-refractivity contribution in [3.05, 3.63) is 98.2 Å². The summed E-state index contributed by atoms with van der Waals surface area (Å²) in [4.78, 5) is 17.5. The predicted octanol–water partition coefficient (Wildman–Crippen LogP) is 6.06. The molecule has 0 aliphatic carbocycles. The molecule has 2 aromatic carbocycles. The van der Waals surface area contributed by atoms with Gasteiger partial charge in [0.1, 0.15) is 5.78 Å². The van der Waals surface area contributed by atoms with Gasteiger partial charge in [-0.1, -0.05) is 45.7 Å². The molecular formula is C22H19BrClNO. The highest BCUT2D eigenvalue weighted by Crippen LogP contribution is 2.31. The quantitative estimate of drug-likeness (QED) is 0.494. The van der Waals surface area contributed by atoms with Gasteiger partial charge in [0.05, 0.1) is 5.92 Å². The Bertz CT molecular complexity index is 937. The zero-order valence-corrected chi connectivity index (χ0v) is 17.0. The van der Waals surface area contributed by atoms with Gasteiger partial charge < -0.3 is 0 Å². The average Bonchev–Trinajstić information content (AvgIpc) is 2.59. The average molecular weight is 429 g/mol. The summed E-state index contributed by atoms with van der Waals surface area (Å²) in [5.41, 5.74) is 4.89. The lowest BCUT2D eigenvalue weighted by atomic mass is 9.83. The van der Waals surface area contributed by atoms with Gasteiger partial charge in [0.15, 0.2) is 0 Å². The molecule has 4 heteroatoms. The second kappa shape index (κ2) is 8.15. The number of carbonyl (C=O) groups is 1. The van der Waals surface area contributed by atoms with Crippen LogP contribution in [0.1, 0.15) is 33.9 Å². The Kier molecular flexibility index (Phi) is 5.90. The molecule has 0 saturated heterocycles. The number of Topliss-reactive ketones (excluding diaryl/α,β-unsaturated/α-hetero) is 1. The van der Waals surface area contributed by atoms with E-state index in [2.05, 4.69) is 20.9 Å². The lowest BCUT2D eigenvalue weighted by Crippen LogP contribution is -2.17. The summed E-state index contributed by atoms with van der Waals surface area (Å²) in [6.07, 6.45) is 2.12. The van der Waals surface area contributed by atoms with Crippen LogP contribution < -0.4 is 0 Å². The molecule has 132 valence electrons. The van der Waals surface area contributed by atoms with Crippen LogP contribution in [0.2, 0.25) is 5.02 Å². The zero-order valence-electron chi connectivity index (χ0n) is 14.7. The molecule has 0 bridgehead atoms. The number of nitrogens with zero attached hydrogens (tertiary/aromatic N) is 1. The van der Waals surface area contributed by atoms with Crippen molar-refractivity contribution < 1.29 is 4.79 Å². The predicted molar refractivity (Wildman–Crippen MR) is 110 cm³/mol. The number of aryl methyl sites for hydroxylation is 2. The maximum Gasteiger partial charge on any atom is 0.149 e. The van der Waals surface area contributed by atoms with Crippen LogP contribution in [0.3, 0.4) is 0 Å². The van der Waals surface area contributed by atoms with Crippen LogP contribution >= 0.6 is 27.5 Å². The molecule has 1 heterocycles. The Hall–Kier alpha value is -1.97. The van der Waals surface area contributed by atoms with Gasteiger partial charge in [0, 0.05) is 27.8 Å². The van der Waals surface area contributed by atoms with Crippen LogP contribution in [0.25, 0.3) is 0 Å². The van der Waals surface area contributed by atoms with Crippen molar-refractivity contribution in [3.8, 4) is 0 Å². The number of ketones is 1. The molecular weight excluding hydrogens is 410 g/mol. The highest BCUT2D eigenvalue weighted by atomic mass is 79.9. The minimum absolute atomic E-state index is 0.156. The van der Waals surface area contributed by atoms with Crippen LogP contribution in [-0.4, -0.2) is 10.8 Å². The molecule has 1 atom stereocenters. The molecule has 0 aliphatic heterocycles. The van der Waals surface area contributed by atoms with Crippen LogP contribution in [0, 0.1) is 13.8 Å². The van der Waals surface area contributed by atoms with Crippen molar-refractivity contribution in [3.63, 3.8) is 0 Å². The molecule has 1 aromatic heterocycles. The number of benzene rings is 2. The molecule has 0 fully saturated rings. The molecule has 3 aromatic rings. The van der Waals surface area contributed by atoms with E-state index in [-0.39, 0.29) is 11.7 Å². The summed E-state index contributed by atoms with van der Waals surface area (Å²) in [7, 11) is 0. The standard InChI is InChI=1S/C22H19BrClNO/c1-14-11-19(24)7-8-20(14)22(17-3-5-18(23)6-4-17)21(26)13-16-9-10-25-15(2)12-16/h3-12,22H,13H2,1-2H3. The normalized spacial score (nSPS) is 12.0. The molecule has 0 spiro atoms. The smallest absolute Gasteiger partial charge is 0.149 e. The van der Waals surface area contributed by atoms with Crippen molar-refractivity contribution in [2.45, 2.75) is 26.2 Å². The molecule has 0 amide bonds. The Balaban J connectivity index is 2.02. The lowest BCUT2D eigenvalue weighted by Gasteiger charge is -2.20. The molecule has 0 radical (unpaired) electrons. The topological polar surface area (TPSA) is 30.0 Å². The van der Waals surface area contributed by atoms with Gasteiger partial charge in [0.25, 0.3) is 0 Å². The Labute approximate surface area is 167 Å². The number of carbonyl (C=O) groups excluding carboxylic acids is 1. The molecule has 0 saturated carbocycles. The zero-order chi connectivity index (χ0) is 18.7. The summed E-state index contributed by atoms with van der Waals surface area (Å²) < 4.78 is 0.991. The molecule has 0 N–H and O–H groups in total. The van der Waals surface area contributed by atoms with E-state index in [0.717, 1.165) is 32.4 Å². The maximum atomic E-state index is 13.3. The first-order valence-corrected chi connectivity index (χ1v) is 9.57. The van der Waals surface area contributed by atoms with E-state index in [1.54, 1.807) is 6.20 Å². The van der Waals surface area contributed by atoms with Gasteiger partial charge in [-0.15, -0.1) is 0 Å². The third-order valence-electron chi connectivity index (χ3n) is 4.41. The Morgan fingerprint density at radius 1 is 1.08 bits per heavy atom. The second-order valence-corrected chi connectivity index (χ2v) is 7.79. The highest BCUT2D eigenvalue weighted by Gasteiger charge is 2.24. The number of hydrogen-bond acceptors (Lipinski definition) is 2. The van der Waals surface area contributed by atoms with E-state index in [1.807, 2.05) is 68.4 Å². The van der Waals surface area contributed by atoms with Gasteiger partial charge in [-0.25, -0.2) is 0 Å². The number of halogens is 2. The molecule has 3 rings (SSSR count). The van der Waals surface area contributed by atoms with Gasteiger partial charge in [-0.2, -0.15) is 0 Å². The minimum atomic E-state index is -0.325. The van der Waals surface area contributed by atoms with Gasteiger partial charge in [-0.05, 0) is 72.5 Å². The van der Waals surface area contributed by atoms with Crippen LogP contribution in [-0.2, 0) is 11.2 Å². The van der Waals surface area contributed by atoms with Crippen molar-refractivity contribution in [2.24, 2.45) is 0 Å². The fourth-order valence-electron chi connectivity index (χ4n) is 3.17. The number of aromatic nitrogens is 1. The SMILES string of the molecule is Cc1cc(CC(=O)C(c2ccc(Br)cc2)c2ccc(Cl)cc2C)ccn1. The van der Waals surface area contributed by atoms with E-state index in [9.17, 15) is 4.79 Å². The van der Waals surface area contributed by atoms with Crippen LogP contribution in [0.5, 0.6) is 0 Å². The van der Waals surface area contributed by atoms with Gasteiger partial charge in [-0.3, -0.25) is 9.78 Å². The summed E-state index contributed by atoms with van der Waals surface area (Å²) in [6.45, 7) is 3.93. The third-order valence-corrected chi connectivity index (χ3v) is 5.17. The van der Waals surface area contributed by atoms with Gasteiger partial charge >= 0.3 is 0 Å². The summed E-state index contributed by atoms with van der Waals surface area (Å²) in [5.74, 6) is -0.169. The number of rotatable bonds is 5. The molecule has 0 aliphatic rings. The van der Waals surface area contributed by atoms with E-state index < -0.39 is 0 Å². The Morgan fingerprint density at radius 3 is 2.46 bits per heavy atom. The van der Waals surface area contributed by atoms with E-state index in [1.165, 1.54) is 0 Å². The van der Waals surface area contributed by atoms with Crippen molar-refractivity contribution in [1.82, 2.24) is 4.98 Å². The second-order valence-electron chi connectivity index (χ2n) is 6.43. The van der Waals surface area contributed by atoms with Gasteiger partial charge in [0.2, 0.25) is 0 Å². The maximum absolute atomic E-state index is 13.3. The lowest BCUT2D eigenvalue weighted by molar-refractivity contribution is -0.119.